The molecule has 0 radical (unpaired) electrons. The van der Waals surface area contributed by atoms with Gasteiger partial charge in [-0.25, -0.2) is 9.59 Å². The molecule has 0 spiro atoms. The molecule has 182 valence electrons. The van der Waals surface area contributed by atoms with Crippen molar-refractivity contribution in [3.05, 3.63) is 59.7 Å². The van der Waals surface area contributed by atoms with Crippen LogP contribution in [0.25, 0.3) is 11.1 Å². The normalized spacial score (nSPS) is 13.4. The summed E-state index contributed by atoms with van der Waals surface area (Å²) in [7, 11) is 0. The van der Waals surface area contributed by atoms with Crippen LogP contribution in [0.15, 0.2) is 48.5 Å². The van der Waals surface area contributed by atoms with Crippen molar-refractivity contribution in [2.45, 2.75) is 51.6 Å². The Labute approximate surface area is 199 Å². The van der Waals surface area contributed by atoms with Crippen LogP contribution in [-0.4, -0.2) is 36.8 Å². The predicted octanol–water partition coefficient (Wildman–Crippen LogP) is 4.07. The van der Waals surface area contributed by atoms with Crippen LogP contribution in [0.2, 0.25) is 0 Å². The fraction of sp³-hybridized carbons (Fsp3) is 0.423. The molecule has 34 heavy (non-hydrogen) atoms. The topological polar surface area (TPSA) is 117 Å². The Morgan fingerprint density at radius 3 is 2.09 bits per heavy atom. The molecule has 0 aromatic heterocycles. The Morgan fingerprint density at radius 2 is 1.53 bits per heavy atom. The maximum absolute atomic E-state index is 12.2. The number of unbranched alkanes of at least 4 members (excludes halogenated alkanes) is 1. The zero-order valence-corrected chi connectivity index (χ0v) is 19.8. The number of benzene rings is 2. The molecule has 0 heterocycles. The van der Waals surface area contributed by atoms with E-state index in [4.69, 9.17) is 15.4 Å². The first-order valence-electron chi connectivity index (χ1n) is 11.4. The number of ether oxygens (including phenoxy) is 2. The van der Waals surface area contributed by atoms with Crippen LogP contribution in [-0.2, 0) is 23.9 Å². The van der Waals surface area contributed by atoms with Crippen molar-refractivity contribution < 1.29 is 28.7 Å². The molecule has 0 saturated heterocycles. The van der Waals surface area contributed by atoms with E-state index in [-0.39, 0.29) is 18.9 Å². The molecule has 1 aliphatic rings. The summed E-state index contributed by atoms with van der Waals surface area (Å²) in [5.74, 6) is 2.35. The van der Waals surface area contributed by atoms with Crippen LogP contribution >= 0.6 is 0 Å². The molecule has 8 nitrogen and oxygen atoms in total. The second-order valence-electron chi connectivity index (χ2n) is 9.27. The van der Waals surface area contributed by atoms with Crippen LogP contribution in [0.1, 0.15) is 57.1 Å². The summed E-state index contributed by atoms with van der Waals surface area (Å²) in [5.41, 5.74) is 3.91. The zero-order valence-electron chi connectivity index (χ0n) is 19.8. The van der Waals surface area contributed by atoms with E-state index in [0.717, 1.165) is 11.1 Å². The molecule has 3 rings (SSSR count). The minimum absolute atomic E-state index is 0.00462. The molecule has 2 aromatic rings. The Hall–Kier alpha value is -3.39. The van der Waals surface area contributed by atoms with Gasteiger partial charge >= 0.3 is 18.0 Å². The molecule has 0 aliphatic heterocycles. The van der Waals surface area contributed by atoms with E-state index in [2.05, 4.69) is 34.4 Å². The highest BCUT2D eigenvalue weighted by Crippen LogP contribution is 2.44. The lowest BCUT2D eigenvalue weighted by Crippen LogP contribution is -2.35. The second-order valence-corrected chi connectivity index (χ2v) is 9.27. The van der Waals surface area contributed by atoms with Gasteiger partial charge in [0.15, 0.2) is 5.92 Å². The van der Waals surface area contributed by atoms with E-state index in [1.165, 1.54) is 11.1 Å². The number of amides is 1. The highest BCUT2D eigenvalue weighted by Gasteiger charge is 2.32. The monoisotopic (exact) mass is 468 g/mol. The SMILES string of the molecule is CC(C)(C)OC(=O)C(CCCCNC(=O)OCC1c2ccccc2-c2ccccc21)C(=O)ON. The Bertz CT molecular complexity index is 984. The van der Waals surface area contributed by atoms with Gasteiger partial charge in [0.05, 0.1) is 0 Å². The number of nitrogens with two attached hydrogens (primary N) is 1. The summed E-state index contributed by atoms with van der Waals surface area (Å²) in [6.45, 7) is 5.73. The van der Waals surface area contributed by atoms with Crippen LogP contribution < -0.4 is 11.2 Å². The largest absolute Gasteiger partial charge is 0.459 e. The van der Waals surface area contributed by atoms with Gasteiger partial charge < -0.3 is 19.6 Å². The number of hydrogen-bond acceptors (Lipinski definition) is 7. The summed E-state index contributed by atoms with van der Waals surface area (Å²) in [6, 6.07) is 16.3. The average molecular weight is 469 g/mol. The molecule has 1 amide bonds. The quantitative estimate of drug-likeness (QED) is 0.247. The molecule has 1 aliphatic carbocycles. The van der Waals surface area contributed by atoms with Gasteiger partial charge in [-0.3, -0.25) is 4.79 Å². The standard InChI is InChI=1S/C26H32N2O6/c1-26(2,3)33-23(29)21(24(30)34-27)14-8-9-15-28-25(31)32-16-22-19-12-6-4-10-17(19)18-11-5-7-13-20(18)22/h4-7,10-13,21-22H,8-9,14-16,27H2,1-3H3,(H,28,31). The molecule has 3 N–H and O–H groups in total. The summed E-state index contributed by atoms with van der Waals surface area (Å²) in [5, 5.41) is 2.72. The van der Waals surface area contributed by atoms with E-state index in [9.17, 15) is 14.4 Å². The highest BCUT2D eigenvalue weighted by atomic mass is 16.7. The number of carbonyl (C=O) groups is 3. The third kappa shape index (κ3) is 6.35. The third-order valence-corrected chi connectivity index (χ3v) is 5.62. The van der Waals surface area contributed by atoms with Gasteiger partial charge in [0.2, 0.25) is 0 Å². The average Bonchev–Trinajstić information content (AvgIpc) is 3.12. The van der Waals surface area contributed by atoms with Gasteiger partial charge in [-0.05, 0) is 55.9 Å². The molecule has 8 heteroatoms. The van der Waals surface area contributed by atoms with Crippen LogP contribution in [0.5, 0.6) is 0 Å². The van der Waals surface area contributed by atoms with Gasteiger partial charge in [0, 0.05) is 12.5 Å². The first-order chi connectivity index (χ1) is 16.2. The molecular formula is C26H32N2O6. The lowest BCUT2D eigenvalue weighted by Gasteiger charge is -2.22. The number of nitrogens with one attached hydrogen (secondary N) is 1. The van der Waals surface area contributed by atoms with Crippen molar-refractivity contribution in [1.82, 2.24) is 5.32 Å². The van der Waals surface area contributed by atoms with Gasteiger partial charge in [0.25, 0.3) is 0 Å². The number of carbonyl (C=O) groups excluding carboxylic acids is 3. The smallest absolute Gasteiger partial charge is 0.407 e. The first-order valence-corrected chi connectivity index (χ1v) is 11.4. The molecule has 0 fully saturated rings. The van der Waals surface area contributed by atoms with Gasteiger partial charge in [-0.15, -0.1) is 0 Å². The number of esters is 1. The molecule has 0 saturated carbocycles. The molecule has 2 aromatic carbocycles. The van der Waals surface area contributed by atoms with Gasteiger partial charge in [-0.1, -0.05) is 55.0 Å². The van der Waals surface area contributed by atoms with E-state index in [1.807, 2.05) is 24.3 Å². The van der Waals surface area contributed by atoms with Gasteiger partial charge in [-0.2, -0.15) is 5.90 Å². The van der Waals surface area contributed by atoms with Crippen molar-refractivity contribution in [2.24, 2.45) is 11.8 Å². The van der Waals surface area contributed by atoms with Gasteiger partial charge in [0.1, 0.15) is 12.2 Å². The Morgan fingerprint density at radius 1 is 0.941 bits per heavy atom. The lowest BCUT2D eigenvalue weighted by atomic mass is 9.98. The van der Waals surface area contributed by atoms with Crippen molar-refractivity contribution in [1.29, 1.82) is 0 Å². The summed E-state index contributed by atoms with van der Waals surface area (Å²) in [4.78, 5) is 40.6. The van der Waals surface area contributed by atoms with Crippen LogP contribution in [0, 0.1) is 5.92 Å². The van der Waals surface area contributed by atoms with Crippen LogP contribution in [0.3, 0.4) is 0 Å². The lowest BCUT2D eigenvalue weighted by molar-refractivity contribution is -0.169. The fourth-order valence-electron chi connectivity index (χ4n) is 4.10. The number of fused-ring (bicyclic) bond motifs is 3. The Kier molecular flexibility index (Phi) is 8.28. The Balaban J connectivity index is 1.44. The predicted molar refractivity (Wildman–Crippen MR) is 127 cm³/mol. The zero-order chi connectivity index (χ0) is 24.7. The summed E-state index contributed by atoms with van der Waals surface area (Å²) in [6.07, 6.45) is 0.730. The minimum Gasteiger partial charge on any atom is -0.459 e. The molecule has 1 unspecified atom stereocenters. The maximum Gasteiger partial charge on any atom is 0.407 e. The summed E-state index contributed by atoms with van der Waals surface area (Å²) < 4.78 is 10.8. The van der Waals surface area contributed by atoms with Crippen molar-refractivity contribution in [3.63, 3.8) is 0 Å². The minimum atomic E-state index is -1.10. The number of rotatable bonds is 9. The van der Waals surface area contributed by atoms with E-state index in [1.54, 1.807) is 20.8 Å². The molecule has 0 bridgehead atoms. The second kappa shape index (κ2) is 11.2. The number of hydrogen-bond donors (Lipinski definition) is 2. The third-order valence-electron chi connectivity index (χ3n) is 5.62. The van der Waals surface area contributed by atoms with Crippen molar-refractivity contribution >= 4 is 18.0 Å². The molecular weight excluding hydrogens is 436 g/mol. The molecule has 1 atom stereocenters. The van der Waals surface area contributed by atoms with E-state index >= 15 is 0 Å². The van der Waals surface area contributed by atoms with Crippen molar-refractivity contribution in [3.8, 4) is 11.1 Å². The maximum atomic E-state index is 12.2. The fourth-order valence-corrected chi connectivity index (χ4v) is 4.10. The highest BCUT2D eigenvalue weighted by molar-refractivity contribution is 5.94. The van der Waals surface area contributed by atoms with Crippen molar-refractivity contribution in [2.75, 3.05) is 13.2 Å². The van der Waals surface area contributed by atoms with E-state index in [0.29, 0.717) is 19.4 Å². The van der Waals surface area contributed by atoms with E-state index < -0.39 is 29.6 Å². The van der Waals surface area contributed by atoms with Crippen LogP contribution in [0.4, 0.5) is 4.79 Å². The summed E-state index contributed by atoms with van der Waals surface area (Å²) >= 11 is 0. The first kappa shape index (κ1) is 25.2. The number of alkyl carbamates (subject to hydrolysis) is 1.